The van der Waals surface area contributed by atoms with E-state index < -0.39 is 0 Å². The predicted octanol–water partition coefficient (Wildman–Crippen LogP) is 2.64. The summed E-state index contributed by atoms with van der Waals surface area (Å²) in [6, 6.07) is 5.05. The zero-order valence-electron chi connectivity index (χ0n) is 9.04. The van der Waals surface area contributed by atoms with Crippen molar-refractivity contribution in [2.24, 2.45) is 5.92 Å². The minimum Gasteiger partial charge on any atom is -0.396 e. The standard InChI is InChI=1S/C12H17FN2/c1-2-3-9-7-15(8-9)10-4-5-12(14)11(13)6-10/h4-6,9H,2-3,7-8,14H2,1H3. The summed E-state index contributed by atoms with van der Waals surface area (Å²) < 4.78 is 13.2. The largest absolute Gasteiger partial charge is 0.396 e. The van der Waals surface area contributed by atoms with Gasteiger partial charge in [0.2, 0.25) is 0 Å². The van der Waals surface area contributed by atoms with Crippen molar-refractivity contribution in [2.75, 3.05) is 23.7 Å². The van der Waals surface area contributed by atoms with Gasteiger partial charge in [-0.15, -0.1) is 0 Å². The molecule has 1 heterocycles. The monoisotopic (exact) mass is 208 g/mol. The zero-order valence-corrected chi connectivity index (χ0v) is 9.04. The van der Waals surface area contributed by atoms with Gasteiger partial charge in [-0.25, -0.2) is 4.39 Å². The van der Waals surface area contributed by atoms with Crippen LogP contribution < -0.4 is 10.6 Å². The first-order chi connectivity index (χ1) is 7.20. The summed E-state index contributed by atoms with van der Waals surface area (Å²) in [5.41, 5.74) is 6.61. The molecule has 2 rings (SSSR count). The van der Waals surface area contributed by atoms with E-state index in [1.165, 1.54) is 18.9 Å². The molecule has 0 saturated carbocycles. The van der Waals surface area contributed by atoms with E-state index in [9.17, 15) is 4.39 Å². The Morgan fingerprint density at radius 3 is 2.80 bits per heavy atom. The second kappa shape index (κ2) is 4.09. The van der Waals surface area contributed by atoms with E-state index in [0.29, 0.717) is 0 Å². The first-order valence-corrected chi connectivity index (χ1v) is 5.50. The second-order valence-corrected chi connectivity index (χ2v) is 4.27. The van der Waals surface area contributed by atoms with Gasteiger partial charge in [-0.1, -0.05) is 13.3 Å². The summed E-state index contributed by atoms with van der Waals surface area (Å²) in [6.45, 7) is 4.31. The molecule has 1 saturated heterocycles. The minimum absolute atomic E-state index is 0.226. The summed E-state index contributed by atoms with van der Waals surface area (Å²) in [6.07, 6.45) is 2.50. The fourth-order valence-electron chi connectivity index (χ4n) is 2.08. The molecule has 0 unspecified atom stereocenters. The predicted molar refractivity (Wildman–Crippen MR) is 61.4 cm³/mol. The van der Waals surface area contributed by atoms with Crippen molar-refractivity contribution in [1.29, 1.82) is 0 Å². The van der Waals surface area contributed by atoms with Crippen LogP contribution in [0.4, 0.5) is 15.8 Å². The van der Waals surface area contributed by atoms with Crippen LogP contribution in [0.5, 0.6) is 0 Å². The van der Waals surface area contributed by atoms with Gasteiger partial charge in [0.05, 0.1) is 5.69 Å². The molecule has 0 aromatic heterocycles. The van der Waals surface area contributed by atoms with Gasteiger partial charge in [0.15, 0.2) is 0 Å². The number of nitrogens with two attached hydrogens (primary N) is 1. The van der Waals surface area contributed by atoms with Crippen LogP contribution in [-0.2, 0) is 0 Å². The lowest BCUT2D eigenvalue weighted by molar-refractivity contribution is 0.380. The zero-order chi connectivity index (χ0) is 10.8. The number of rotatable bonds is 3. The van der Waals surface area contributed by atoms with E-state index >= 15 is 0 Å². The maximum absolute atomic E-state index is 13.2. The van der Waals surface area contributed by atoms with E-state index in [4.69, 9.17) is 5.73 Å². The third-order valence-corrected chi connectivity index (χ3v) is 3.00. The van der Waals surface area contributed by atoms with Crippen LogP contribution in [0.2, 0.25) is 0 Å². The molecule has 2 nitrogen and oxygen atoms in total. The van der Waals surface area contributed by atoms with Crippen LogP contribution in [0.1, 0.15) is 19.8 Å². The summed E-state index contributed by atoms with van der Waals surface area (Å²) >= 11 is 0. The van der Waals surface area contributed by atoms with E-state index in [1.54, 1.807) is 6.07 Å². The maximum Gasteiger partial charge on any atom is 0.148 e. The van der Waals surface area contributed by atoms with Crippen LogP contribution in [0, 0.1) is 11.7 Å². The van der Waals surface area contributed by atoms with E-state index in [-0.39, 0.29) is 11.5 Å². The third-order valence-electron chi connectivity index (χ3n) is 3.00. The molecular formula is C12H17FN2. The number of hydrogen-bond acceptors (Lipinski definition) is 2. The average Bonchev–Trinajstić information content (AvgIpc) is 2.16. The molecule has 82 valence electrons. The van der Waals surface area contributed by atoms with Gasteiger partial charge in [-0.2, -0.15) is 0 Å². The topological polar surface area (TPSA) is 29.3 Å². The summed E-state index contributed by atoms with van der Waals surface area (Å²) in [5, 5.41) is 0. The van der Waals surface area contributed by atoms with E-state index in [0.717, 1.165) is 24.7 Å². The molecule has 0 aliphatic carbocycles. The van der Waals surface area contributed by atoms with Gasteiger partial charge in [-0.3, -0.25) is 0 Å². The molecule has 0 bridgehead atoms. The Morgan fingerprint density at radius 1 is 1.47 bits per heavy atom. The van der Waals surface area contributed by atoms with Crippen molar-refractivity contribution in [2.45, 2.75) is 19.8 Å². The molecule has 1 aromatic carbocycles. The normalized spacial score (nSPS) is 16.5. The van der Waals surface area contributed by atoms with Crippen molar-refractivity contribution >= 4 is 11.4 Å². The van der Waals surface area contributed by atoms with Crippen LogP contribution >= 0.6 is 0 Å². The maximum atomic E-state index is 13.2. The lowest BCUT2D eigenvalue weighted by Crippen LogP contribution is -2.46. The minimum atomic E-state index is -0.313. The van der Waals surface area contributed by atoms with Crippen molar-refractivity contribution in [3.63, 3.8) is 0 Å². The van der Waals surface area contributed by atoms with Crippen LogP contribution in [-0.4, -0.2) is 13.1 Å². The molecule has 3 heteroatoms. The van der Waals surface area contributed by atoms with Crippen LogP contribution in [0.25, 0.3) is 0 Å². The molecule has 1 fully saturated rings. The van der Waals surface area contributed by atoms with Crippen molar-refractivity contribution in [1.82, 2.24) is 0 Å². The highest BCUT2D eigenvalue weighted by Crippen LogP contribution is 2.28. The highest BCUT2D eigenvalue weighted by molar-refractivity contribution is 5.55. The quantitative estimate of drug-likeness (QED) is 0.774. The molecule has 0 spiro atoms. The van der Waals surface area contributed by atoms with Gasteiger partial charge in [0.1, 0.15) is 5.82 Å². The Kier molecular flexibility index (Phi) is 2.80. The van der Waals surface area contributed by atoms with Crippen LogP contribution in [0.15, 0.2) is 18.2 Å². The molecular weight excluding hydrogens is 191 g/mol. The number of nitrogen functional groups attached to an aromatic ring is 1. The first-order valence-electron chi connectivity index (χ1n) is 5.50. The molecule has 1 aliphatic heterocycles. The Hall–Kier alpha value is -1.25. The number of halogens is 1. The smallest absolute Gasteiger partial charge is 0.148 e. The van der Waals surface area contributed by atoms with Gasteiger partial charge in [0, 0.05) is 18.8 Å². The van der Waals surface area contributed by atoms with Crippen molar-refractivity contribution in [3.05, 3.63) is 24.0 Å². The Bertz CT molecular complexity index is 345. The van der Waals surface area contributed by atoms with Crippen LogP contribution in [0.3, 0.4) is 0 Å². The molecule has 0 atom stereocenters. The second-order valence-electron chi connectivity index (χ2n) is 4.27. The lowest BCUT2D eigenvalue weighted by atomic mass is 9.94. The summed E-state index contributed by atoms with van der Waals surface area (Å²) in [5.74, 6) is 0.474. The molecule has 1 aliphatic rings. The van der Waals surface area contributed by atoms with Gasteiger partial charge in [0.25, 0.3) is 0 Å². The molecule has 2 N–H and O–H groups in total. The fraction of sp³-hybridized carbons (Fsp3) is 0.500. The number of nitrogens with zero attached hydrogens (tertiary/aromatic N) is 1. The average molecular weight is 208 g/mol. The lowest BCUT2D eigenvalue weighted by Gasteiger charge is -2.41. The SMILES string of the molecule is CCCC1CN(c2ccc(N)c(F)c2)C1. The molecule has 0 radical (unpaired) electrons. The Morgan fingerprint density at radius 2 is 2.20 bits per heavy atom. The Labute approximate surface area is 89.9 Å². The fourth-order valence-corrected chi connectivity index (χ4v) is 2.08. The number of benzene rings is 1. The first kappa shape index (κ1) is 10.3. The highest BCUT2D eigenvalue weighted by Gasteiger charge is 2.26. The Balaban J connectivity index is 1.98. The summed E-state index contributed by atoms with van der Waals surface area (Å²) in [7, 11) is 0. The number of anilines is 2. The van der Waals surface area contributed by atoms with Crippen molar-refractivity contribution < 1.29 is 4.39 Å². The van der Waals surface area contributed by atoms with Gasteiger partial charge < -0.3 is 10.6 Å². The van der Waals surface area contributed by atoms with E-state index in [1.807, 2.05) is 6.07 Å². The molecule has 1 aromatic rings. The van der Waals surface area contributed by atoms with E-state index in [2.05, 4.69) is 11.8 Å². The highest BCUT2D eigenvalue weighted by atomic mass is 19.1. The third kappa shape index (κ3) is 2.06. The summed E-state index contributed by atoms with van der Waals surface area (Å²) in [4.78, 5) is 2.20. The molecule has 0 amide bonds. The molecule has 15 heavy (non-hydrogen) atoms. The number of hydrogen-bond donors (Lipinski definition) is 1. The van der Waals surface area contributed by atoms with Crippen molar-refractivity contribution in [3.8, 4) is 0 Å². The van der Waals surface area contributed by atoms with Gasteiger partial charge >= 0.3 is 0 Å². The van der Waals surface area contributed by atoms with Gasteiger partial charge in [-0.05, 0) is 30.5 Å².